The lowest BCUT2D eigenvalue weighted by Gasteiger charge is -2.05. The third-order valence-corrected chi connectivity index (χ3v) is 3.09. The molecule has 19 heavy (non-hydrogen) atoms. The Hall–Kier alpha value is -2.56. The van der Waals surface area contributed by atoms with Crippen molar-refractivity contribution in [3.8, 4) is 0 Å². The number of nitrogens with zero attached hydrogens (tertiary/aromatic N) is 3. The molecule has 0 fully saturated rings. The molecule has 0 bridgehead atoms. The van der Waals surface area contributed by atoms with E-state index in [1.54, 1.807) is 18.3 Å². The Labute approximate surface area is 109 Å². The van der Waals surface area contributed by atoms with Crippen molar-refractivity contribution in [3.63, 3.8) is 0 Å². The summed E-state index contributed by atoms with van der Waals surface area (Å²) in [5, 5.41) is 12.6. The maximum absolute atomic E-state index is 11.2. The van der Waals surface area contributed by atoms with E-state index in [0.717, 1.165) is 16.6 Å². The van der Waals surface area contributed by atoms with Crippen molar-refractivity contribution in [1.29, 1.82) is 0 Å². The van der Waals surface area contributed by atoms with Gasteiger partial charge in [-0.25, -0.2) is 0 Å². The van der Waals surface area contributed by atoms with Gasteiger partial charge < -0.3 is 0 Å². The third kappa shape index (κ3) is 1.79. The molecule has 2 heterocycles. The number of aromatic nitrogens is 2. The van der Waals surface area contributed by atoms with Crippen LogP contribution in [0.1, 0.15) is 11.3 Å². The fourth-order valence-electron chi connectivity index (χ4n) is 2.21. The molecule has 5 heteroatoms. The van der Waals surface area contributed by atoms with E-state index in [1.807, 2.05) is 19.9 Å². The fraction of sp³-hybridized carbons (Fsp3) is 0.143. The molecule has 94 valence electrons. The van der Waals surface area contributed by atoms with Crippen LogP contribution in [0.4, 0.5) is 5.69 Å². The zero-order chi connectivity index (χ0) is 13.6. The Morgan fingerprint density at radius 1 is 1.16 bits per heavy atom. The normalized spacial score (nSPS) is 11.1. The summed E-state index contributed by atoms with van der Waals surface area (Å²) in [5.41, 5.74) is 3.12. The van der Waals surface area contributed by atoms with Gasteiger partial charge in [-0.15, -0.1) is 0 Å². The number of pyridine rings is 2. The highest BCUT2D eigenvalue weighted by Crippen LogP contribution is 2.31. The average Bonchev–Trinajstić information content (AvgIpc) is 2.37. The van der Waals surface area contributed by atoms with Crippen molar-refractivity contribution >= 4 is 27.5 Å². The van der Waals surface area contributed by atoms with Gasteiger partial charge in [0.1, 0.15) is 0 Å². The van der Waals surface area contributed by atoms with Crippen LogP contribution in [0, 0.1) is 24.0 Å². The van der Waals surface area contributed by atoms with E-state index in [-0.39, 0.29) is 10.6 Å². The SMILES string of the molecule is Cc1cnc2cc([N+](=O)[O-])c3ccc(C)nc3c2c1. The van der Waals surface area contributed by atoms with Crippen LogP contribution in [0.25, 0.3) is 21.8 Å². The Balaban J connectivity index is 2.58. The van der Waals surface area contributed by atoms with E-state index in [0.29, 0.717) is 16.4 Å². The van der Waals surface area contributed by atoms with Crippen LogP contribution in [0.5, 0.6) is 0 Å². The second kappa shape index (κ2) is 3.98. The lowest BCUT2D eigenvalue weighted by Crippen LogP contribution is -1.94. The Bertz CT molecular complexity index is 828. The van der Waals surface area contributed by atoms with E-state index in [4.69, 9.17) is 0 Å². The Morgan fingerprint density at radius 2 is 1.95 bits per heavy atom. The lowest BCUT2D eigenvalue weighted by atomic mass is 10.1. The summed E-state index contributed by atoms with van der Waals surface area (Å²) in [7, 11) is 0. The largest absolute Gasteiger partial charge is 0.280 e. The molecule has 0 atom stereocenters. The second-order valence-corrected chi connectivity index (χ2v) is 4.58. The van der Waals surface area contributed by atoms with Crippen molar-refractivity contribution in [2.45, 2.75) is 13.8 Å². The zero-order valence-electron chi connectivity index (χ0n) is 10.5. The molecule has 0 unspecified atom stereocenters. The highest BCUT2D eigenvalue weighted by Gasteiger charge is 2.16. The minimum absolute atomic E-state index is 0.0475. The number of nitro benzene ring substituents is 1. The first-order valence-electron chi connectivity index (χ1n) is 5.87. The molecule has 1 aromatic carbocycles. The molecule has 0 spiro atoms. The Morgan fingerprint density at radius 3 is 2.68 bits per heavy atom. The van der Waals surface area contributed by atoms with Crippen LogP contribution in [0.2, 0.25) is 0 Å². The number of non-ortho nitro benzene ring substituents is 1. The van der Waals surface area contributed by atoms with Gasteiger partial charge >= 0.3 is 0 Å². The topological polar surface area (TPSA) is 68.9 Å². The van der Waals surface area contributed by atoms with Gasteiger partial charge in [0.15, 0.2) is 0 Å². The monoisotopic (exact) mass is 253 g/mol. The number of fused-ring (bicyclic) bond motifs is 3. The summed E-state index contributed by atoms with van der Waals surface area (Å²) in [6.07, 6.45) is 1.70. The van der Waals surface area contributed by atoms with Gasteiger partial charge in [0.2, 0.25) is 0 Å². The highest BCUT2D eigenvalue weighted by molar-refractivity contribution is 6.08. The van der Waals surface area contributed by atoms with Crippen molar-refractivity contribution in [1.82, 2.24) is 9.97 Å². The molecule has 3 aromatic rings. The molecule has 0 saturated carbocycles. The number of nitro groups is 1. The molecule has 0 aliphatic rings. The maximum Gasteiger partial charge on any atom is 0.280 e. The van der Waals surface area contributed by atoms with Crippen molar-refractivity contribution in [3.05, 3.63) is 51.8 Å². The van der Waals surface area contributed by atoms with Crippen LogP contribution >= 0.6 is 0 Å². The van der Waals surface area contributed by atoms with Crippen LogP contribution in [0.3, 0.4) is 0 Å². The number of hydrogen-bond acceptors (Lipinski definition) is 4. The first-order chi connectivity index (χ1) is 9.06. The van der Waals surface area contributed by atoms with Gasteiger partial charge in [-0.2, -0.15) is 0 Å². The van der Waals surface area contributed by atoms with E-state index < -0.39 is 0 Å². The lowest BCUT2D eigenvalue weighted by molar-refractivity contribution is -0.383. The van der Waals surface area contributed by atoms with Gasteiger partial charge in [0.05, 0.1) is 21.3 Å². The quantitative estimate of drug-likeness (QED) is 0.379. The first kappa shape index (κ1) is 11.5. The van der Waals surface area contributed by atoms with E-state index in [9.17, 15) is 10.1 Å². The predicted molar refractivity (Wildman–Crippen MR) is 73.2 cm³/mol. The maximum atomic E-state index is 11.2. The molecular formula is C14H11N3O2. The summed E-state index contributed by atoms with van der Waals surface area (Å²) in [4.78, 5) is 19.5. The van der Waals surface area contributed by atoms with Crippen molar-refractivity contribution in [2.75, 3.05) is 0 Å². The van der Waals surface area contributed by atoms with Crippen LogP contribution in [-0.4, -0.2) is 14.9 Å². The summed E-state index contributed by atoms with van der Waals surface area (Å²) >= 11 is 0. The molecule has 0 amide bonds. The minimum Gasteiger partial charge on any atom is -0.258 e. The van der Waals surface area contributed by atoms with Crippen LogP contribution < -0.4 is 0 Å². The number of hydrogen-bond donors (Lipinski definition) is 0. The van der Waals surface area contributed by atoms with Gasteiger partial charge in [0, 0.05) is 23.3 Å². The number of aryl methyl sites for hydroxylation is 2. The summed E-state index contributed by atoms with van der Waals surface area (Å²) in [6, 6.07) is 7.00. The summed E-state index contributed by atoms with van der Waals surface area (Å²) in [6.45, 7) is 3.81. The fourth-order valence-corrected chi connectivity index (χ4v) is 2.21. The van der Waals surface area contributed by atoms with E-state index >= 15 is 0 Å². The van der Waals surface area contributed by atoms with E-state index in [2.05, 4.69) is 9.97 Å². The molecule has 0 radical (unpaired) electrons. The first-order valence-corrected chi connectivity index (χ1v) is 5.87. The Kier molecular flexibility index (Phi) is 2.41. The average molecular weight is 253 g/mol. The second-order valence-electron chi connectivity index (χ2n) is 4.58. The van der Waals surface area contributed by atoms with Crippen molar-refractivity contribution in [2.24, 2.45) is 0 Å². The van der Waals surface area contributed by atoms with Gasteiger partial charge in [0.25, 0.3) is 5.69 Å². The molecule has 2 aromatic heterocycles. The van der Waals surface area contributed by atoms with Crippen LogP contribution in [0.15, 0.2) is 30.5 Å². The van der Waals surface area contributed by atoms with Crippen molar-refractivity contribution < 1.29 is 4.92 Å². The van der Waals surface area contributed by atoms with E-state index in [1.165, 1.54) is 6.07 Å². The van der Waals surface area contributed by atoms with Gasteiger partial charge in [-0.1, -0.05) is 0 Å². The molecule has 3 rings (SSSR count). The number of benzene rings is 1. The smallest absolute Gasteiger partial charge is 0.258 e. The molecule has 5 nitrogen and oxygen atoms in total. The third-order valence-electron chi connectivity index (χ3n) is 3.09. The molecule has 0 saturated heterocycles. The van der Waals surface area contributed by atoms with Gasteiger partial charge in [-0.3, -0.25) is 20.1 Å². The minimum atomic E-state index is -0.389. The van der Waals surface area contributed by atoms with Gasteiger partial charge in [-0.05, 0) is 37.6 Å². The molecular weight excluding hydrogens is 242 g/mol. The summed E-state index contributed by atoms with van der Waals surface area (Å²) in [5.74, 6) is 0. The number of rotatable bonds is 1. The highest BCUT2D eigenvalue weighted by atomic mass is 16.6. The summed E-state index contributed by atoms with van der Waals surface area (Å²) < 4.78 is 0. The molecule has 0 aliphatic heterocycles. The standard InChI is InChI=1S/C14H11N3O2/c1-8-5-11-12(15-7-8)6-13(17(18)19)10-4-3-9(2)16-14(10)11/h3-7H,1-2H3. The zero-order valence-corrected chi connectivity index (χ0v) is 10.5. The molecule has 0 N–H and O–H groups in total. The van der Waals surface area contributed by atoms with Crippen LogP contribution in [-0.2, 0) is 0 Å². The molecule has 0 aliphatic carbocycles. The predicted octanol–water partition coefficient (Wildman–Crippen LogP) is 3.31.